The van der Waals surface area contributed by atoms with E-state index in [0.29, 0.717) is 17.4 Å². The van der Waals surface area contributed by atoms with Gasteiger partial charge in [0.25, 0.3) is 7.82 Å². The molecule has 0 saturated carbocycles. The molecule has 0 aliphatic rings. The molecule has 0 rings (SSSR count). The number of unbranched alkanes of at least 4 members (excludes halogenated alkanes) is 40. The van der Waals surface area contributed by atoms with Gasteiger partial charge in [-0.25, -0.2) is 0 Å². The number of hydrogen-bond donors (Lipinski definition) is 2. The lowest BCUT2D eigenvalue weighted by Gasteiger charge is -2.29. The minimum Gasteiger partial charge on any atom is -0.756 e. The number of carbonyl (C=O) groups is 1. The molecule has 420 valence electrons. The first-order chi connectivity index (χ1) is 34.5. The molecule has 0 aliphatic carbocycles. The van der Waals surface area contributed by atoms with Gasteiger partial charge in [-0.2, -0.15) is 0 Å². The van der Waals surface area contributed by atoms with Crippen molar-refractivity contribution in [1.29, 1.82) is 0 Å². The Kier molecular flexibility index (Phi) is 52.6. The zero-order chi connectivity index (χ0) is 52.0. The van der Waals surface area contributed by atoms with E-state index in [1.54, 1.807) is 6.08 Å². The van der Waals surface area contributed by atoms with Crippen LogP contribution in [0.25, 0.3) is 0 Å². The highest BCUT2D eigenvalue weighted by Gasteiger charge is 2.23. The van der Waals surface area contributed by atoms with E-state index in [1.807, 2.05) is 27.2 Å². The Morgan fingerprint density at radius 2 is 0.789 bits per heavy atom. The summed E-state index contributed by atoms with van der Waals surface area (Å²) in [4.78, 5) is 25.4. The molecule has 0 bridgehead atoms. The zero-order valence-corrected chi connectivity index (χ0v) is 48.8. The summed E-state index contributed by atoms with van der Waals surface area (Å²) in [6, 6.07) is -0.900. The Labute approximate surface area is 442 Å². The summed E-state index contributed by atoms with van der Waals surface area (Å²) in [7, 11) is 1.25. The molecule has 0 saturated heterocycles. The lowest BCUT2D eigenvalue weighted by molar-refractivity contribution is -0.870. The van der Waals surface area contributed by atoms with Crippen molar-refractivity contribution in [3.8, 4) is 0 Å². The molecule has 3 atom stereocenters. The SMILES string of the molecule is CCCCCC/C=C/CC/C=C/C(O)C(COP(=O)([O-])OCC[N+](C)(C)C)NC(=O)CCCCCCCCCCCCCCCCCCC/C=C\CCCCCCCCCCCCCCCCCCCC. The molecule has 1 amide bonds. The molecule has 0 aromatic carbocycles. The molecule has 0 radical (unpaired) electrons. The smallest absolute Gasteiger partial charge is 0.268 e. The number of rotatable bonds is 57. The number of phosphoric acid groups is 1. The second-order valence-electron chi connectivity index (χ2n) is 22.4. The van der Waals surface area contributed by atoms with E-state index in [2.05, 4.69) is 43.5 Å². The number of carbonyl (C=O) groups excluding carboxylic acids is 1. The Morgan fingerprint density at radius 3 is 1.15 bits per heavy atom. The van der Waals surface area contributed by atoms with Gasteiger partial charge in [0.2, 0.25) is 5.91 Å². The van der Waals surface area contributed by atoms with Crippen molar-refractivity contribution >= 4 is 13.7 Å². The fourth-order valence-corrected chi connectivity index (χ4v) is 9.95. The van der Waals surface area contributed by atoms with Crippen LogP contribution in [0.5, 0.6) is 0 Å². The van der Waals surface area contributed by atoms with Crippen LogP contribution in [0.15, 0.2) is 36.5 Å². The van der Waals surface area contributed by atoms with E-state index >= 15 is 0 Å². The minimum atomic E-state index is -4.60. The maximum atomic E-state index is 12.9. The fourth-order valence-electron chi connectivity index (χ4n) is 9.23. The molecule has 8 nitrogen and oxygen atoms in total. The number of aliphatic hydroxyl groups is 1. The van der Waals surface area contributed by atoms with E-state index < -0.39 is 26.6 Å². The molecule has 3 unspecified atom stereocenters. The number of quaternary nitrogens is 1. The highest BCUT2D eigenvalue weighted by atomic mass is 31.2. The number of aliphatic hydroxyl groups excluding tert-OH is 1. The van der Waals surface area contributed by atoms with E-state index in [4.69, 9.17) is 9.05 Å². The van der Waals surface area contributed by atoms with Crippen LogP contribution < -0.4 is 10.2 Å². The van der Waals surface area contributed by atoms with E-state index in [9.17, 15) is 19.4 Å². The number of nitrogens with one attached hydrogen (secondary N) is 1. The molecule has 0 heterocycles. The van der Waals surface area contributed by atoms with Crippen molar-refractivity contribution in [2.45, 2.75) is 315 Å². The van der Waals surface area contributed by atoms with Crippen LogP contribution in [0.1, 0.15) is 303 Å². The highest BCUT2D eigenvalue weighted by Crippen LogP contribution is 2.38. The summed E-state index contributed by atoms with van der Waals surface area (Å²) in [5, 5.41) is 13.8. The van der Waals surface area contributed by atoms with Gasteiger partial charge in [0.1, 0.15) is 13.2 Å². The largest absolute Gasteiger partial charge is 0.756 e. The predicted molar refractivity (Wildman–Crippen MR) is 307 cm³/mol. The Balaban J connectivity index is 3.82. The average molecular weight is 1020 g/mol. The van der Waals surface area contributed by atoms with Crippen LogP contribution in [0.3, 0.4) is 0 Å². The minimum absolute atomic E-state index is 0.00553. The van der Waals surface area contributed by atoms with Crippen LogP contribution >= 0.6 is 7.82 Å². The molecular weight excluding hydrogens is 900 g/mol. The molecular formula is C62H121N2O6P. The van der Waals surface area contributed by atoms with Gasteiger partial charge < -0.3 is 28.8 Å². The summed E-state index contributed by atoms with van der Waals surface area (Å²) in [5.74, 6) is -0.206. The van der Waals surface area contributed by atoms with Gasteiger partial charge in [0.05, 0.1) is 39.9 Å². The Morgan fingerprint density at radius 1 is 0.479 bits per heavy atom. The number of phosphoric ester groups is 1. The van der Waals surface area contributed by atoms with Crippen LogP contribution in [-0.4, -0.2) is 68.5 Å². The van der Waals surface area contributed by atoms with E-state index in [1.165, 1.54) is 244 Å². The topological polar surface area (TPSA) is 108 Å². The monoisotopic (exact) mass is 1020 g/mol. The second kappa shape index (κ2) is 53.5. The van der Waals surface area contributed by atoms with Crippen molar-refractivity contribution in [1.82, 2.24) is 5.32 Å². The van der Waals surface area contributed by atoms with Gasteiger partial charge in [-0.1, -0.05) is 275 Å². The zero-order valence-electron chi connectivity index (χ0n) is 47.9. The predicted octanol–water partition coefficient (Wildman–Crippen LogP) is 18.3. The summed E-state index contributed by atoms with van der Waals surface area (Å²) < 4.78 is 23.2. The van der Waals surface area contributed by atoms with Gasteiger partial charge in [0.15, 0.2) is 0 Å². The summed E-state index contributed by atoms with van der Waals surface area (Å²) in [6.45, 7) is 4.61. The van der Waals surface area contributed by atoms with Gasteiger partial charge in [-0.15, -0.1) is 0 Å². The van der Waals surface area contributed by atoms with Gasteiger partial charge in [-0.3, -0.25) is 9.36 Å². The number of likely N-dealkylation sites (N-methyl/N-ethyl adjacent to an activating group) is 1. The molecule has 0 aliphatic heterocycles. The number of allylic oxidation sites excluding steroid dienone is 5. The van der Waals surface area contributed by atoms with Crippen LogP contribution in [-0.2, 0) is 18.4 Å². The highest BCUT2D eigenvalue weighted by molar-refractivity contribution is 7.45. The van der Waals surface area contributed by atoms with Crippen LogP contribution in [0.4, 0.5) is 0 Å². The molecule has 0 aromatic heterocycles. The summed E-state index contributed by atoms with van der Waals surface area (Å²) >= 11 is 0. The maximum Gasteiger partial charge on any atom is 0.268 e. The van der Waals surface area contributed by atoms with Crippen molar-refractivity contribution < 1.29 is 32.9 Å². The molecule has 71 heavy (non-hydrogen) atoms. The fraction of sp³-hybridized carbons (Fsp3) is 0.887. The average Bonchev–Trinajstić information content (AvgIpc) is 3.33. The number of nitrogens with zero attached hydrogens (tertiary/aromatic N) is 1. The number of hydrogen-bond acceptors (Lipinski definition) is 6. The lowest BCUT2D eigenvalue weighted by atomic mass is 10.0. The Hall–Kier alpha value is -1.28. The first kappa shape index (κ1) is 69.7. The third-order valence-corrected chi connectivity index (χ3v) is 15.0. The van der Waals surface area contributed by atoms with Gasteiger partial charge in [-0.05, 0) is 57.8 Å². The summed E-state index contributed by atoms with van der Waals surface area (Å²) in [6.07, 6.45) is 70.0. The normalized spacial score (nSPS) is 14.1. The molecule has 0 fully saturated rings. The first-order valence-electron chi connectivity index (χ1n) is 30.9. The lowest BCUT2D eigenvalue weighted by Crippen LogP contribution is -2.45. The van der Waals surface area contributed by atoms with Crippen molar-refractivity contribution in [2.75, 3.05) is 40.9 Å². The van der Waals surface area contributed by atoms with Gasteiger partial charge >= 0.3 is 0 Å². The molecule has 9 heteroatoms. The first-order valence-corrected chi connectivity index (χ1v) is 32.3. The van der Waals surface area contributed by atoms with Crippen molar-refractivity contribution in [3.05, 3.63) is 36.5 Å². The van der Waals surface area contributed by atoms with E-state index in [0.717, 1.165) is 38.5 Å². The molecule has 0 spiro atoms. The van der Waals surface area contributed by atoms with Crippen LogP contribution in [0, 0.1) is 0 Å². The standard InChI is InChI=1S/C62H121N2O6P/c1-6-8-10-12-14-16-18-19-20-21-22-23-24-25-26-27-28-29-30-31-32-33-34-35-36-37-38-39-40-41-42-43-44-45-46-48-50-52-54-56-62(66)63-60(59-70-71(67,68)69-58-57-64(3,4)5)61(65)55-53-51-49-47-17-15-13-11-9-7-2/h17,31-32,47,53,55,60-61,65H,6-16,18-30,33-46,48-52,54,56-59H2,1-5H3,(H-,63,66,67,68)/b32-31-,47-17+,55-53+. The number of amides is 1. The van der Waals surface area contributed by atoms with Crippen molar-refractivity contribution in [2.24, 2.45) is 0 Å². The third kappa shape index (κ3) is 56.3. The molecule has 0 aromatic rings. The maximum absolute atomic E-state index is 12.9. The molecule has 2 N–H and O–H groups in total. The quantitative estimate of drug-likeness (QED) is 0.0272. The Bertz CT molecular complexity index is 1250. The third-order valence-electron chi connectivity index (χ3n) is 14.1. The van der Waals surface area contributed by atoms with Gasteiger partial charge in [0, 0.05) is 6.42 Å². The van der Waals surface area contributed by atoms with Crippen molar-refractivity contribution in [3.63, 3.8) is 0 Å². The second-order valence-corrected chi connectivity index (χ2v) is 23.8. The summed E-state index contributed by atoms with van der Waals surface area (Å²) in [5.41, 5.74) is 0. The van der Waals surface area contributed by atoms with E-state index in [-0.39, 0.29) is 12.5 Å². The van der Waals surface area contributed by atoms with Crippen LogP contribution in [0.2, 0.25) is 0 Å².